The van der Waals surface area contributed by atoms with Gasteiger partial charge in [-0.05, 0) is 32.7 Å². The van der Waals surface area contributed by atoms with E-state index in [-0.39, 0.29) is 17.2 Å². The molecule has 1 aromatic heterocycles. The van der Waals surface area contributed by atoms with Gasteiger partial charge in [-0.1, -0.05) is 6.92 Å². The standard InChI is InChI=1S/C13H24N4O3S/c1-4-14-8-10-9(2)15-16-13(10)21(18,19)17-11-6-5-7-12(11)20-3/h11-12,14,17H,4-8H2,1-3H3,(H,15,16). The summed E-state index contributed by atoms with van der Waals surface area (Å²) in [6, 6.07) is -0.177. The number of sulfonamides is 1. The number of aryl methyl sites for hydroxylation is 1. The molecule has 21 heavy (non-hydrogen) atoms. The normalized spacial score (nSPS) is 22.8. The molecule has 1 heterocycles. The van der Waals surface area contributed by atoms with Crippen LogP contribution in [0.1, 0.15) is 37.4 Å². The van der Waals surface area contributed by atoms with Gasteiger partial charge in [0, 0.05) is 31.0 Å². The molecule has 1 aliphatic rings. The van der Waals surface area contributed by atoms with Crippen LogP contribution < -0.4 is 10.0 Å². The van der Waals surface area contributed by atoms with Gasteiger partial charge >= 0.3 is 0 Å². The summed E-state index contributed by atoms with van der Waals surface area (Å²) in [5.74, 6) is 0. The smallest absolute Gasteiger partial charge is 0.260 e. The Morgan fingerprint density at radius 3 is 2.86 bits per heavy atom. The SMILES string of the molecule is CCNCc1c(S(=O)(=O)NC2CCCC2OC)n[nH]c1C. The van der Waals surface area contributed by atoms with Crippen molar-refractivity contribution < 1.29 is 13.2 Å². The molecular formula is C13H24N4O3S. The van der Waals surface area contributed by atoms with Crippen LogP contribution >= 0.6 is 0 Å². The average Bonchev–Trinajstić information content (AvgIpc) is 3.02. The second-order valence-electron chi connectivity index (χ2n) is 5.35. The number of rotatable bonds is 7. The van der Waals surface area contributed by atoms with Gasteiger partial charge in [0.25, 0.3) is 10.0 Å². The number of hydrogen-bond acceptors (Lipinski definition) is 5. The molecule has 1 fully saturated rings. The average molecular weight is 316 g/mol. The Hall–Kier alpha value is -0.960. The van der Waals surface area contributed by atoms with Gasteiger partial charge in [0.2, 0.25) is 0 Å². The molecule has 2 rings (SSSR count). The largest absolute Gasteiger partial charge is 0.380 e. The number of methoxy groups -OCH3 is 1. The molecule has 1 saturated carbocycles. The third kappa shape index (κ3) is 3.63. The van der Waals surface area contributed by atoms with Crippen LogP contribution in [0.4, 0.5) is 0 Å². The maximum atomic E-state index is 12.6. The fourth-order valence-corrected chi connectivity index (χ4v) is 4.20. The first-order chi connectivity index (χ1) is 9.99. The summed E-state index contributed by atoms with van der Waals surface area (Å²) >= 11 is 0. The summed E-state index contributed by atoms with van der Waals surface area (Å²) < 4.78 is 33.2. The summed E-state index contributed by atoms with van der Waals surface area (Å²) in [4.78, 5) is 0. The minimum Gasteiger partial charge on any atom is -0.380 e. The van der Waals surface area contributed by atoms with Gasteiger partial charge in [0.05, 0.1) is 6.10 Å². The molecule has 2 unspecified atom stereocenters. The van der Waals surface area contributed by atoms with Gasteiger partial charge in [-0.3, -0.25) is 5.10 Å². The predicted molar refractivity (Wildman–Crippen MR) is 79.5 cm³/mol. The van der Waals surface area contributed by atoms with Gasteiger partial charge in [-0.15, -0.1) is 0 Å². The molecule has 1 aliphatic carbocycles. The molecule has 0 saturated heterocycles. The van der Waals surface area contributed by atoms with E-state index in [0.29, 0.717) is 12.1 Å². The van der Waals surface area contributed by atoms with E-state index in [1.807, 2.05) is 13.8 Å². The van der Waals surface area contributed by atoms with E-state index >= 15 is 0 Å². The lowest BCUT2D eigenvalue weighted by molar-refractivity contribution is 0.0916. The van der Waals surface area contributed by atoms with Crippen molar-refractivity contribution >= 4 is 10.0 Å². The van der Waals surface area contributed by atoms with E-state index in [9.17, 15) is 8.42 Å². The molecule has 3 N–H and O–H groups in total. The van der Waals surface area contributed by atoms with Crippen LogP contribution in [0.25, 0.3) is 0 Å². The van der Waals surface area contributed by atoms with Crippen LogP contribution in [-0.4, -0.2) is 44.4 Å². The highest BCUT2D eigenvalue weighted by Crippen LogP contribution is 2.24. The molecule has 0 aromatic carbocycles. The first kappa shape index (κ1) is 16.4. The van der Waals surface area contributed by atoms with Crippen LogP contribution in [0.2, 0.25) is 0 Å². The predicted octanol–water partition coefficient (Wildman–Crippen LogP) is 0.673. The topological polar surface area (TPSA) is 96.1 Å². The third-order valence-electron chi connectivity index (χ3n) is 3.90. The third-order valence-corrected chi connectivity index (χ3v) is 5.36. The zero-order valence-corrected chi connectivity index (χ0v) is 13.6. The summed E-state index contributed by atoms with van der Waals surface area (Å²) in [6.07, 6.45) is 2.59. The lowest BCUT2D eigenvalue weighted by atomic mass is 10.2. The van der Waals surface area contributed by atoms with Crippen LogP contribution in [0.3, 0.4) is 0 Å². The van der Waals surface area contributed by atoms with Crippen LogP contribution in [0.5, 0.6) is 0 Å². The highest BCUT2D eigenvalue weighted by atomic mass is 32.2. The van der Waals surface area contributed by atoms with Crippen molar-refractivity contribution in [1.82, 2.24) is 20.2 Å². The van der Waals surface area contributed by atoms with E-state index in [0.717, 1.165) is 31.5 Å². The number of H-pyrrole nitrogens is 1. The molecule has 0 radical (unpaired) electrons. The van der Waals surface area contributed by atoms with Crippen molar-refractivity contribution in [2.24, 2.45) is 0 Å². The van der Waals surface area contributed by atoms with E-state index in [1.54, 1.807) is 7.11 Å². The monoisotopic (exact) mass is 316 g/mol. The van der Waals surface area contributed by atoms with Crippen LogP contribution in [0.15, 0.2) is 5.03 Å². The Kier molecular flexibility index (Phi) is 5.37. The van der Waals surface area contributed by atoms with Gasteiger partial charge in [0.1, 0.15) is 0 Å². The molecule has 0 bridgehead atoms. The Balaban J connectivity index is 2.19. The summed E-state index contributed by atoms with van der Waals surface area (Å²) in [5, 5.41) is 9.97. The number of nitrogens with zero attached hydrogens (tertiary/aromatic N) is 1. The zero-order chi connectivity index (χ0) is 15.5. The molecule has 2 atom stereocenters. The Labute approximate surface area is 125 Å². The highest BCUT2D eigenvalue weighted by Gasteiger charge is 2.33. The van der Waals surface area contributed by atoms with E-state index in [4.69, 9.17) is 4.74 Å². The first-order valence-electron chi connectivity index (χ1n) is 7.29. The highest BCUT2D eigenvalue weighted by molar-refractivity contribution is 7.89. The summed E-state index contributed by atoms with van der Waals surface area (Å²) in [5.41, 5.74) is 1.46. The number of aromatic nitrogens is 2. The number of ether oxygens (including phenoxy) is 1. The number of hydrogen-bond donors (Lipinski definition) is 3. The van der Waals surface area contributed by atoms with Crippen molar-refractivity contribution in [2.75, 3.05) is 13.7 Å². The quantitative estimate of drug-likeness (QED) is 0.687. The lowest BCUT2D eigenvalue weighted by Gasteiger charge is -2.19. The molecule has 0 spiro atoms. The first-order valence-corrected chi connectivity index (χ1v) is 8.77. The summed E-state index contributed by atoms with van der Waals surface area (Å²) in [6.45, 7) is 5.05. The lowest BCUT2D eigenvalue weighted by Crippen LogP contribution is -2.41. The van der Waals surface area contributed by atoms with Crippen molar-refractivity contribution in [3.63, 3.8) is 0 Å². The van der Waals surface area contributed by atoms with Crippen molar-refractivity contribution in [2.45, 2.75) is 56.8 Å². The fourth-order valence-electron chi connectivity index (χ4n) is 2.71. The Morgan fingerprint density at radius 1 is 1.43 bits per heavy atom. The van der Waals surface area contributed by atoms with Gasteiger partial charge in [-0.25, -0.2) is 13.1 Å². The van der Waals surface area contributed by atoms with Gasteiger partial charge < -0.3 is 10.1 Å². The van der Waals surface area contributed by atoms with Gasteiger partial charge in [0.15, 0.2) is 5.03 Å². The molecular weight excluding hydrogens is 292 g/mol. The Bertz CT molecular complexity index is 570. The second-order valence-corrected chi connectivity index (χ2v) is 6.97. The van der Waals surface area contributed by atoms with E-state index in [2.05, 4.69) is 20.2 Å². The minimum absolute atomic E-state index is 0.0583. The Morgan fingerprint density at radius 2 is 2.19 bits per heavy atom. The van der Waals surface area contributed by atoms with Crippen LogP contribution in [-0.2, 0) is 21.3 Å². The molecule has 1 aromatic rings. The zero-order valence-electron chi connectivity index (χ0n) is 12.8. The van der Waals surface area contributed by atoms with Crippen molar-refractivity contribution in [3.8, 4) is 0 Å². The summed E-state index contributed by atoms with van der Waals surface area (Å²) in [7, 11) is -2.02. The maximum absolute atomic E-state index is 12.6. The molecule has 0 amide bonds. The number of nitrogens with one attached hydrogen (secondary N) is 3. The van der Waals surface area contributed by atoms with Crippen molar-refractivity contribution in [3.05, 3.63) is 11.3 Å². The van der Waals surface area contributed by atoms with Crippen molar-refractivity contribution in [1.29, 1.82) is 0 Å². The van der Waals surface area contributed by atoms with Crippen LogP contribution in [0, 0.1) is 6.92 Å². The molecule has 120 valence electrons. The van der Waals surface area contributed by atoms with Gasteiger partial charge in [-0.2, -0.15) is 5.10 Å². The fraction of sp³-hybridized carbons (Fsp3) is 0.769. The molecule has 7 nitrogen and oxygen atoms in total. The van der Waals surface area contributed by atoms with E-state index in [1.165, 1.54) is 0 Å². The maximum Gasteiger partial charge on any atom is 0.260 e. The van der Waals surface area contributed by atoms with E-state index < -0.39 is 10.0 Å². The minimum atomic E-state index is -3.64. The molecule has 8 heteroatoms. The number of aromatic amines is 1. The second kappa shape index (κ2) is 6.87. The molecule has 0 aliphatic heterocycles.